The first-order valence-electron chi connectivity index (χ1n) is 7.29. The van der Waals surface area contributed by atoms with Crippen LogP contribution in [-0.2, 0) is 0 Å². The lowest BCUT2D eigenvalue weighted by Crippen LogP contribution is -2.43. The van der Waals surface area contributed by atoms with Crippen molar-refractivity contribution in [3.63, 3.8) is 0 Å². The topological polar surface area (TPSA) is 39.7 Å². The van der Waals surface area contributed by atoms with E-state index < -0.39 is 0 Å². The number of aryl methyl sites for hydroxylation is 2. The van der Waals surface area contributed by atoms with Crippen molar-refractivity contribution >= 4 is 11.8 Å². The smallest absolute Gasteiger partial charge is 0.325 e. The second kappa shape index (κ2) is 7.41. The zero-order valence-electron chi connectivity index (χ0n) is 14.3. The van der Waals surface area contributed by atoms with Gasteiger partial charge in [-0.15, -0.1) is 0 Å². The summed E-state index contributed by atoms with van der Waals surface area (Å²) in [5.74, 6) is 1.10. The molecule has 21 heavy (non-hydrogen) atoms. The summed E-state index contributed by atoms with van der Waals surface area (Å²) < 4.78 is 0. The predicted molar refractivity (Wildman–Crippen MR) is 87.9 cm³/mol. The van der Waals surface area contributed by atoms with Gasteiger partial charge in [0.1, 0.15) is 5.82 Å². The van der Waals surface area contributed by atoms with E-state index in [1.165, 1.54) is 0 Å². The number of nitrogens with zero attached hydrogens (tertiary/aromatic N) is 4. The van der Waals surface area contributed by atoms with E-state index in [0.717, 1.165) is 23.6 Å². The van der Waals surface area contributed by atoms with Crippen LogP contribution in [-0.4, -0.2) is 62.1 Å². The number of carbonyl (C=O) groups excluding carboxylic acids is 1. The maximum Gasteiger partial charge on any atom is 0.325 e. The monoisotopic (exact) mass is 292 g/mol. The van der Waals surface area contributed by atoms with Crippen LogP contribution in [0, 0.1) is 19.8 Å². The van der Waals surface area contributed by atoms with E-state index >= 15 is 0 Å². The van der Waals surface area contributed by atoms with E-state index in [2.05, 4.69) is 16.8 Å². The van der Waals surface area contributed by atoms with Gasteiger partial charge in [-0.25, -0.2) is 9.78 Å². The molecule has 0 radical (unpaired) electrons. The Morgan fingerprint density at radius 1 is 1.14 bits per heavy atom. The Hall–Kier alpha value is -1.62. The number of aromatic nitrogens is 1. The minimum atomic E-state index is -0.0295. The summed E-state index contributed by atoms with van der Waals surface area (Å²) in [6.45, 7) is 7.73. The van der Waals surface area contributed by atoms with E-state index in [1.807, 2.05) is 40.1 Å². The van der Waals surface area contributed by atoms with E-state index in [4.69, 9.17) is 0 Å². The molecule has 5 nitrogen and oxygen atoms in total. The van der Waals surface area contributed by atoms with Crippen LogP contribution in [0.4, 0.5) is 10.6 Å². The summed E-state index contributed by atoms with van der Waals surface area (Å²) in [4.78, 5) is 22.5. The number of rotatable bonds is 5. The van der Waals surface area contributed by atoms with E-state index in [-0.39, 0.29) is 6.03 Å². The minimum Gasteiger partial charge on any atom is -0.330 e. The van der Waals surface area contributed by atoms with Crippen molar-refractivity contribution in [3.05, 3.63) is 23.4 Å². The number of carbonyl (C=O) groups is 1. The van der Waals surface area contributed by atoms with Gasteiger partial charge in [0.15, 0.2) is 0 Å². The van der Waals surface area contributed by atoms with Gasteiger partial charge in [0.25, 0.3) is 0 Å². The molecule has 0 saturated carbocycles. The fraction of sp³-hybridized carbons (Fsp3) is 0.625. The summed E-state index contributed by atoms with van der Waals surface area (Å²) in [5.41, 5.74) is 2.05. The first kappa shape index (κ1) is 17.4. The largest absolute Gasteiger partial charge is 0.330 e. The van der Waals surface area contributed by atoms with Gasteiger partial charge in [-0.1, -0.05) is 6.92 Å². The Kier molecular flexibility index (Phi) is 6.15. The van der Waals surface area contributed by atoms with Crippen LogP contribution in [0.25, 0.3) is 0 Å². The number of hydrogen-bond acceptors (Lipinski definition) is 3. The van der Waals surface area contributed by atoms with Gasteiger partial charge in [-0.05, 0) is 51.6 Å². The van der Waals surface area contributed by atoms with Crippen molar-refractivity contribution in [2.75, 3.05) is 46.2 Å². The average Bonchev–Trinajstić information content (AvgIpc) is 2.32. The maximum atomic E-state index is 12.5. The first-order chi connectivity index (χ1) is 9.70. The highest BCUT2D eigenvalue weighted by atomic mass is 16.2. The lowest BCUT2D eigenvalue weighted by atomic mass is 10.1. The second-order valence-electron chi connectivity index (χ2n) is 6.30. The number of amides is 2. The molecule has 0 aliphatic heterocycles. The zero-order valence-corrected chi connectivity index (χ0v) is 14.3. The SMILES string of the molecule is Cc1cc(C)nc(N(CC(C)CN(C)C)C(=O)N(C)C)c1. The zero-order chi connectivity index (χ0) is 16.2. The van der Waals surface area contributed by atoms with Gasteiger partial charge >= 0.3 is 6.03 Å². The molecule has 0 fully saturated rings. The number of urea groups is 1. The molecule has 0 N–H and O–H groups in total. The highest BCUT2D eigenvalue weighted by molar-refractivity contribution is 5.90. The molecule has 0 bridgehead atoms. The van der Waals surface area contributed by atoms with E-state index in [9.17, 15) is 4.79 Å². The molecule has 0 aromatic carbocycles. The predicted octanol–water partition coefficient (Wildman–Crippen LogP) is 2.38. The first-order valence-corrected chi connectivity index (χ1v) is 7.29. The number of pyridine rings is 1. The molecular formula is C16H28N4O. The van der Waals surface area contributed by atoms with Crippen LogP contribution in [0.15, 0.2) is 12.1 Å². The molecule has 0 saturated heterocycles. The van der Waals surface area contributed by atoms with Crippen LogP contribution < -0.4 is 4.90 Å². The summed E-state index contributed by atoms with van der Waals surface area (Å²) in [5, 5.41) is 0. The highest BCUT2D eigenvalue weighted by Crippen LogP contribution is 2.18. The molecular weight excluding hydrogens is 264 g/mol. The van der Waals surface area contributed by atoms with E-state index in [1.54, 1.807) is 23.9 Å². The molecule has 0 aliphatic carbocycles. The minimum absolute atomic E-state index is 0.0295. The quantitative estimate of drug-likeness (QED) is 0.836. The molecule has 1 unspecified atom stereocenters. The Morgan fingerprint density at radius 3 is 2.24 bits per heavy atom. The third kappa shape index (κ3) is 5.34. The Balaban J connectivity index is 3.04. The van der Waals surface area contributed by atoms with Gasteiger partial charge < -0.3 is 9.80 Å². The highest BCUT2D eigenvalue weighted by Gasteiger charge is 2.21. The molecule has 1 heterocycles. The lowest BCUT2D eigenvalue weighted by Gasteiger charge is -2.29. The average molecular weight is 292 g/mol. The maximum absolute atomic E-state index is 12.5. The third-order valence-electron chi connectivity index (χ3n) is 3.15. The summed E-state index contributed by atoms with van der Waals surface area (Å²) >= 11 is 0. The molecule has 1 aromatic rings. The van der Waals surface area contributed by atoms with Crippen molar-refractivity contribution in [2.45, 2.75) is 20.8 Å². The van der Waals surface area contributed by atoms with Crippen molar-refractivity contribution in [1.29, 1.82) is 0 Å². The van der Waals surface area contributed by atoms with Gasteiger partial charge in [-0.2, -0.15) is 0 Å². The van der Waals surface area contributed by atoms with Crippen LogP contribution in [0.2, 0.25) is 0 Å². The van der Waals surface area contributed by atoms with Crippen molar-refractivity contribution in [1.82, 2.24) is 14.8 Å². The standard InChI is InChI=1S/C16H28N4O/c1-12-8-14(3)17-15(9-12)20(16(21)19(6)7)11-13(2)10-18(4)5/h8-9,13H,10-11H2,1-7H3. The molecule has 1 atom stereocenters. The van der Waals surface area contributed by atoms with Gasteiger partial charge in [0.2, 0.25) is 0 Å². The summed E-state index contributed by atoms with van der Waals surface area (Å²) in [6.07, 6.45) is 0. The molecule has 5 heteroatoms. The molecule has 118 valence electrons. The number of anilines is 1. The van der Waals surface area contributed by atoms with Gasteiger partial charge in [-0.3, -0.25) is 4.90 Å². The second-order valence-corrected chi connectivity index (χ2v) is 6.30. The van der Waals surface area contributed by atoms with Crippen LogP contribution in [0.3, 0.4) is 0 Å². The fourth-order valence-electron chi connectivity index (χ4n) is 2.46. The van der Waals surface area contributed by atoms with Gasteiger partial charge in [0, 0.05) is 32.9 Å². The lowest BCUT2D eigenvalue weighted by molar-refractivity contribution is 0.221. The number of hydrogen-bond donors (Lipinski definition) is 0. The Labute approximate surface area is 128 Å². The third-order valence-corrected chi connectivity index (χ3v) is 3.15. The molecule has 0 spiro atoms. The fourth-order valence-corrected chi connectivity index (χ4v) is 2.46. The van der Waals surface area contributed by atoms with Crippen LogP contribution in [0.5, 0.6) is 0 Å². The molecule has 1 rings (SSSR count). The Bertz CT molecular complexity index is 465. The summed E-state index contributed by atoms with van der Waals surface area (Å²) in [6, 6.07) is 3.96. The van der Waals surface area contributed by atoms with Crippen LogP contribution in [0.1, 0.15) is 18.2 Å². The van der Waals surface area contributed by atoms with Crippen molar-refractivity contribution < 1.29 is 4.79 Å². The Morgan fingerprint density at radius 2 is 1.76 bits per heavy atom. The van der Waals surface area contributed by atoms with E-state index in [0.29, 0.717) is 12.5 Å². The molecule has 0 aliphatic rings. The normalized spacial score (nSPS) is 12.4. The van der Waals surface area contributed by atoms with Crippen molar-refractivity contribution in [2.24, 2.45) is 5.92 Å². The van der Waals surface area contributed by atoms with Crippen LogP contribution >= 0.6 is 0 Å². The van der Waals surface area contributed by atoms with Gasteiger partial charge in [0.05, 0.1) is 0 Å². The summed E-state index contributed by atoms with van der Waals surface area (Å²) in [7, 11) is 7.64. The molecule has 1 aromatic heterocycles. The van der Waals surface area contributed by atoms with Crippen molar-refractivity contribution in [3.8, 4) is 0 Å². The molecule has 2 amide bonds.